The third kappa shape index (κ3) is 2.94. The number of amides is 1. The van der Waals surface area contributed by atoms with E-state index in [2.05, 4.69) is 17.2 Å². The molecule has 1 amide bonds. The average Bonchev–Trinajstić information content (AvgIpc) is 1.64. The van der Waals surface area contributed by atoms with Gasteiger partial charge in [-0.15, -0.1) is 4.99 Å². The van der Waals surface area contributed by atoms with Gasteiger partial charge in [0, 0.05) is 0 Å². The summed E-state index contributed by atoms with van der Waals surface area (Å²) in [7, 11) is 0. The highest BCUT2D eigenvalue weighted by atomic mass is 32.1. The molecule has 0 N–H and O–H groups in total. The van der Waals surface area contributed by atoms with Crippen molar-refractivity contribution in [1.82, 2.24) is 0 Å². The van der Waals surface area contributed by atoms with Crippen LogP contribution >= 0.6 is 12.2 Å². The number of thiocarbonyl (C=S) groups is 1. The second-order valence-corrected chi connectivity index (χ2v) is 1.19. The van der Waals surface area contributed by atoms with Gasteiger partial charge in [0.2, 0.25) is 0 Å². The van der Waals surface area contributed by atoms with Gasteiger partial charge in [0.05, 0.1) is 5.16 Å². The van der Waals surface area contributed by atoms with Crippen molar-refractivity contribution in [2.24, 2.45) is 4.99 Å². The Morgan fingerprint density at radius 3 is 2.11 bits per heavy atom. The van der Waals surface area contributed by atoms with E-state index < -0.39 is 12.1 Å². The predicted octanol–water partition coefficient (Wildman–Crippen LogP) is 1.18. The first-order valence-electron chi connectivity index (χ1n) is 1.67. The Kier molecular flexibility index (Phi) is 2.48. The second kappa shape index (κ2) is 2.70. The number of rotatable bonds is 0. The fraction of sp³-hybridized carbons (Fsp3) is 0.333. The number of carbonyl (C=O) groups is 1. The molecule has 0 aliphatic carbocycles. The summed E-state index contributed by atoms with van der Waals surface area (Å²) in [6.45, 7) is 0. The number of hydrogen-bond acceptors (Lipinski definition) is 2. The zero-order valence-corrected chi connectivity index (χ0v) is 4.71. The van der Waals surface area contributed by atoms with Crippen molar-refractivity contribution in [3.8, 4) is 0 Å². The van der Waals surface area contributed by atoms with Crippen LogP contribution in [0.1, 0.15) is 0 Å². The Hall–Kier alpha value is -0.740. The van der Waals surface area contributed by atoms with Crippen LogP contribution in [0.15, 0.2) is 4.99 Å². The maximum atomic E-state index is 11.1. The first-order chi connectivity index (χ1) is 3.98. The number of isothiocyanates is 1. The number of halogens is 3. The van der Waals surface area contributed by atoms with Crippen LogP contribution in [-0.4, -0.2) is 17.2 Å². The van der Waals surface area contributed by atoms with Gasteiger partial charge in [-0.3, -0.25) is 4.79 Å². The Morgan fingerprint density at radius 2 is 2.00 bits per heavy atom. The normalized spacial score (nSPS) is 10.1. The monoisotopic (exact) mass is 155 g/mol. The second-order valence-electron chi connectivity index (χ2n) is 1.01. The molecule has 0 heterocycles. The largest absolute Gasteiger partial charge is 0.474 e. The zero-order valence-electron chi connectivity index (χ0n) is 3.90. The lowest BCUT2D eigenvalue weighted by Gasteiger charge is -1.95. The van der Waals surface area contributed by atoms with Crippen molar-refractivity contribution >= 4 is 23.3 Å². The average molecular weight is 155 g/mol. The van der Waals surface area contributed by atoms with Crippen molar-refractivity contribution in [2.75, 3.05) is 0 Å². The third-order valence-corrected chi connectivity index (χ3v) is 0.481. The van der Waals surface area contributed by atoms with Gasteiger partial charge in [0.1, 0.15) is 0 Å². The number of nitrogens with zero attached hydrogens (tertiary/aromatic N) is 1. The molecule has 6 heteroatoms. The van der Waals surface area contributed by atoms with E-state index >= 15 is 0 Å². The first kappa shape index (κ1) is 8.26. The zero-order chi connectivity index (χ0) is 7.49. The highest BCUT2D eigenvalue weighted by Crippen LogP contribution is 2.15. The fourth-order valence-corrected chi connectivity index (χ4v) is 0.188. The Morgan fingerprint density at radius 1 is 1.56 bits per heavy atom. The number of carbonyl (C=O) groups excluding carboxylic acids is 1. The molecule has 0 saturated carbocycles. The van der Waals surface area contributed by atoms with E-state index in [1.165, 1.54) is 5.16 Å². The molecule has 2 nitrogen and oxygen atoms in total. The number of aliphatic imine (C=N–C) groups is 1. The van der Waals surface area contributed by atoms with E-state index in [0.29, 0.717) is 0 Å². The molecule has 0 saturated heterocycles. The lowest BCUT2D eigenvalue weighted by molar-refractivity contribution is -0.169. The first-order valence-corrected chi connectivity index (χ1v) is 2.08. The molecule has 0 aromatic heterocycles. The van der Waals surface area contributed by atoms with Gasteiger partial charge in [-0.25, -0.2) is 0 Å². The van der Waals surface area contributed by atoms with E-state index in [0.717, 1.165) is 0 Å². The minimum Gasteiger partial charge on any atom is -0.261 e. The molecule has 0 aromatic carbocycles. The summed E-state index contributed by atoms with van der Waals surface area (Å²) >= 11 is 3.76. The topological polar surface area (TPSA) is 29.4 Å². The van der Waals surface area contributed by atoms with Crippen LogP contribution in [0, 0.1) is 0 Å². The summed E-state index contributed by atoms with van der Waals surface area (Å²) in [4.78, 5) is 11.8. The van der Waals surface area contributed by atoms with Gasteiger partial charge in [-0.1, -0.05) is 0 Å². The van der Waals surface area contributed by atoms with Crippen molar-refractivity contribution in [1.29, 1.82) is 0 Å². The third-order valence-electron chi connectivity index (χ3n) is 0.390. The SMILES string of the molecule is O=C(N=C=S)C(F)(F)F. The molecule has 0 radical (unpaired) electrons. The minimum atomic E-state index is -4.92. The van der Waals surface area contributed by atoms with Gasteiger partial charge in [0.25, 0.3) is 0 Å². The molecule has 9 heavy (non-hydrogen) atoms. The van der Waals surface area contributed by atoms with Gasteiger partial charge in [-0.2, -0.15) is 13.2 Å². The van der Waals surface area contributed by atoms with Crippen LogP contribution in [0.5, 0.6) is 0 Å². The number of alkyl halides is 3. The standard InChI is InChI=1S/C3F3NOS/c4-3(5,6)2(8)7-1-9. The molecule has 0 bridgehead atoms. The molecule has 0 unspecified atom stereocenters. The van der Waals surface area contributed by atoms with Crippen molar-refractivity contribution in [2.45, 2.75) is 6.18 Å². The van der Waals surface area contributed by atoms with Crippen LogP contribution in [0.4, 0.5) is 13.2 Å². The van der Waals surface area contributed by atoms with Gasteiger partial charge < -0.3 is 0 Å². The van der Waals surface area contributed by atoms with E-state index in [1.54, 1.807) is 0 Å². The summed E-state index contributed by atoms with van der Waals surface area (Å²) < 4.78 is 33.3. The fourth-order valence-electron chi connectivity index (χ4n) is 0.105. The van der Waals surface area contributed by atoms with Crippen molar-refractivity contribution < 1.29 is 18.0 Å². The van der Waals surface area contributed by atoms with Crippen molar-refractivity contribution in [3.63, 3.8) is 0 Å². The van der Waals surface area contributed by atoms with E-state index in [1.807, 2.05) is 0 Å². The Balaban J connectivity index is 4.22. The lowest BCUT2D eigenvalue weighted by Crippen LogP contribution is -2.19. The molecular formula is C3F3NOS. The maximum absolute atomic E-state index is 11.1. The number of hydrogen-bond donors (Lipinski definition) is 0. The Bertz CT molecular complexity index is 168. The van der Waals surface area contributed by atoms with Crippen LogP contribution in [0.2, 0.25) is 0 Å². The maximum Gasteiger partial charge on any atom is 0.474 e. The quantitative estimate of drug-likeness (QED) is 0.388. The van der Waals surface area contributed by atoms with Gasteiger partial charge in [0.15, 0.2) is 0 Å². The van der Waals surface area contributed by atoms with Crippen LogP contribution in [0.25, 0.3) is 0 Å². The molecule has 0 rings (SSSR count). The molecule has 0 aliphatic heterocycles. The van der Waals surface area contributed by atoms with Crippen LogP contribution in [-0.2, 0) is 4.79 Å². The smallest absolute Gasteiger partial charge is 0.261 e. The molecule has 0 atom stereocenters. The highest BCUT2D eigenvalue weighted by Gasteiger charge is 2.38. The highest BCUT2D eigenvalue weighted by molar-refractivity contribution is 7.78. The minimum absolute atomic E-state index is 1.31. The molecule has 0 aliphatic rings. The summed E-state index contributed by atoms with van der Waals surface area (Å²) in [6.07, 6.45) is -4.92. The molecule has 0 spiro atoms. The van der Waals surface area contributed by atoms with Gasteiger partial charge in [-0.05, 0) is 12.2 Å². The van der Waals surface area contributed by atoms with E-state index in [-0.39, 0.29) is 0 Å². The lowest BCUT2D eigenvalue weighted by atomic mass is 10.6. The van der Waals surface area contributed by atoms with Crippen molar-refractivity contribution in [3.05, 3.63) is 0 Å². The van der Waals surface area contributed by atoms with Crippen LogP contribution in [0.3, 0.4) is 0 Å². The van der Waals surface area contributed by atoms with E-state index in [4.69, 9.17) is 0 Å². The molecular weight excluding hydrogens is 155 g/mol. The van der Waals surface area contributed by atoms with Crippen LogP contribution < -0.4 is 0 Å². The Labute approximate surface area is 53.4 Å². The van der Waals surface area contributed by atoms with Gasteiger partial charge >= 0.3 is 12.1 Å². The summed E-state index contributed by atoms with van der Waals surface area (Å²) in [5.74, 6) is -2.22. The molecule has 0 fully saturated rings. The molecule has 0 aromatic rings. The van der Waals surface area contributed by atoms with E-state index in [9.17, 15) is 18.0 Å². The summed E-state index contributed by atoms with van der Waals surface area (Å²) in [5, 5.41) is 1.31. The molecule has 50 valence electrons. The summed E-state index contributed by atoms with van der Waals surface area (Å²) in [6, 6.07) is 0. The summed E-state index contributed by atoms with van der Waals surface area (Å²) in [5.41, 5.74) is 0. The predicted molar refractivity (Wildman–Crippen MR) is 26.1 cm³/mol.